The van der Waals surface area contributed by atoms with Crippen molar-refractivity contribution in [1.29, 1.82) is 0 Å². The summed E-state index contributed by atoms with van der Waals surface area (Å²) < 4.78 is 48.2. The van der Waals surface area contributed by atoms with Crippen molar-refractivity contribution >= 4 is 11.0 Å². The standard InChI is InChI=1S/C16H11F3O3/c17-16(18,19)11-1-4-13(5-2-11)21-8-10-9-22-15-6-3-12(20)7-14(10)15/h1-7,9,20H,8H2. The molecule has 0 radical (unpaired) electrons. The Kier molecular flexibility index (Phi) is 3.44. The van der Waals surface area contributed by atoms with E-state index in [2.05, 4.69) is 0 Å². The minimum atomic E-state index is -4.36. The van der Waals surface area contributed by atoms with Crippen LogP contribution in [0.1, 0.15) is 11.1 Å². The van der Waals surface area contributed by atoms with Crippen LogP contribution >= 0.6 is 0 Å². The predicted octanol–water partition coefficient (Wildman–Crippen LogP) is 4.74. The third-order valence-electron chi connectivity index (χ3n) is 3.21. The average molecular weight is 308 g/mol. The van der Waals surface area contributed by atoms with Crippen LogP contribution in [0.5, 0.6) is 11.5 Å². The van der Waals surface area contributed by atoms with E-state index in [0.717, 1.165) is 12.1 Å². The molecule has 1 heterocycles. The lowest BCUT2D eigenvalue weighted by Crippen LogP contribution is -2.04. The van der Waals surface area contributed by atoms with Crippen molar-refractivity contribution in [3.8, 4) is 11.5 Å². The molecule has 1 N–H and O–H groups in total. The van der Waals surface area contributed by atoms with Crippen molar-refractivity contribution in [3.63, 3.8) is 0 Å². The summed E-state index contributed by atoms with van der Waals surface area (Å²) in [5.74, 6) is 0.423. The van der Waals surface area contributed by atoms with Crippen LogP contribution in [-0.4, -0.2) is 5.11 Å². The van der Waals surface area contributed by atoms with Crippen LogP contribution in [0.15, 0.2) is 53.1 Å². The summed E-state index contributed by atoms with van der Waals surface area (Å²) in [6, 6.07) is 9.15. The van der Waals surface area contributed by atoms with Crippen LogP contribution in [0.4, 0.5) is 13.2 Å². The fourth-order valence-corrected chi connectivity index (χ4v) is 2.08. The molecular formula is C16H11F3O3. The van der Waals surface area contributed by atoms with Crippen LogP contribution in [0, 0.1) is 0 Å². The topological polar surface area (TPSA) is 42.6 Å². The van der Waals surface area contributed by atoms with E-state index in [-0.39, 0.29) is 12.4 Å². The van der Waals surface area contributed by atoms with E-state index in [1.54, 1.807) is 12.1 Å². The zero-order valence-corrected chi connectivity index (χ0v) is 11.2. The summed E-state index contributed by atoms with van der Waals surface area (Å²) in [7, 11) is 0. The highest BCUT2D eigenvalue weighted by Crippen LogP contribution is 2.31. The number of aromatic hydroxyl groups is 1. The van der Waals surface area contributed by atoms with E-state index in [9.17, 15) is 18.3 Å². The van der Waals surface area contributed by atoms with Gasteiger partial charge in [-0.2, -0.15) is 13.2 Å². The number of phenolic OH excluding ortho intramolecular Hbond substituents is 1. The number of hydrogen-bond acceptors (Lipinski definition) is 3. The van der Waals surface area contributed by atoms with Gasteiger partial charge in [0.2, 0.25) is 0 Å². The molecule has 3 aromatic rings. The van der Waals surface area contributed by atoms with Gasteiger partial charge in [-0.05, 0) is 42.5 Å². The van der Waals surface area contributed by atoms with Gasteiger partial charge in [0.1, 0.15) is 23.7 Å². The van der Waals surface area contributed by atoms with Crippen molar-refractivity contribution < 1.29 is 27.4 Å². The first-order valence-corrected chi connectivity index (χ1v) is 6.42. The molecular weight excluding hydrogens is 297 g/mol. The number of furan rings is 1. The molecule has 114 valence electrons. The van der Waals surface area contributed by atoms with Gasteiger partial charge in [0, 0.05) is 10.9 Å². The van der Waals surface area contributed by atoms with Crippen LogP contribution in [-0.2, 0) is 12.8 Å². The predicted molar refractivity (Wildman–Crippen MR) is 73.7 cm³/mol. The van der Waals surface area contributed by atoms with Gasteiger partial charge in [0.25, 0.3) is 0 Å². The minimum absolute atomic E-state index is 0.102. The summed E-state index contributed by atoms with van der Waals surface area (Å²) in [6.07, 6.45) is -2.87. The Morgan fingerprint density at radius 1 is 1.05 bits per heavy atom. The van der Waals surface area contributed by atoms with Gasteiger partial charge in [0.15, 0.2) is 0 Å². The first-order valence-electron chi connectivity index (χ1n) is 6.42. The highest BCUT2D eigenvalue weighted by molar-refractivity contribution is 5.82. The van der Waals surface area contributed by atoms with Gasteiger partial charge >= 0.3 is 6.18 Å². The molecule has 0 aliphatic rings. The molecule has 3 nitrogen and oxygen atoms in total. The largest absolute Gasteiger partial charge is 0.508 e. The summed E-state index contributed by atoms with van der Waals surface area (Å²) >= 11 is 0. The lowest BCUT2D eigenvalue weighted by atomic mass is 10.2. The number of phenols is 1. The smallest absolute Gasteiger partial charge is 0.416 e. The maximum atomic E-state index is 12.5. The van der Waals surface area contributed by atoms with Crippen LogP contribution in [0.25, 0.3) is 11.0 Å². The fraction of sp³-hybridized carbons (Fsp3) is 0.125. The fourth-order valence-electron chi connectivity index (χ4n) is 2.08. The summed E-state index contributed by atoms with van der Waals surface area (Å²) in [5, 5.41) is 10.2. The lowest BCUT2D eigenvalue weighted by molar-refractivity contribution is -0.137. The molecule has 0 saturated heterocycles. The third kappa shape index (κ3) is 2.86. The molecule has 0 atom stereocenters. The number of rotatable bonds is 3. The zero-order chi connectivity index (χ0) is 15.7. The van der Waals surface area contributed by atoms with E-state index < -0.39 is 11.7 Å². The molecule has 0 aliphatic carbocycles. The average Bonchev–Trinajstić information content (AvgIpc) is 2.87. The molecule has 22 heavy (non-hydrogen) atoms. The molecule has 2 aromatic carbocycles. The summed E-state index contributed by atoms with van der Waals surface area (Å²) in [4.78, 5) is 0. The second-order valence-corrected chi connectivity index (χ2v) is 4.75. The van der Waals surface area contributed by atoms with E-state index in [1.807, 2.05) is 0 Å². The Bertz CT molecular complexity index is 788. The second kappa shape index (κ2) is 5.29. The Labute approximate surface area is 123 Å². The monoisotopic (exact) mass is 308 g/mol. The van der Waals surface area contributed by atoms with Gasteiger partial charge in [-0.3, -0.25) is 0 Å². The van der Waals surface area contributed by atoms with Crippen molar-refractivity contribution in [2.75, 3.05) is 0 Å². The Morgan fingerprint density at radius 2 is 1.77 bits per heavy atom. The SMILES string of the molecule is Oc1ccc2occ(COc3ccc(C(F)(F)F)cc3)c2c1. The molecule has 0 aliphatic heterocycles. The van der Waals surface area contributed by atoms with Crippen LogP contribution in [0.3, 0.4) is 0 Å². The molecule has 0 saturated carbocycles. The van der Waals surface area contributed by atoms with Gasteiger partial charge in [0.05, 0.1) is 11.8 Å². The molecule has 0 fully saturated rings. The summed E-state index contributed by atoms with van der Waals surface area (Å²) in [6.45, 7) is 0.127. The van der Waals surface area contributed by atoms with Gasteiger partial charge in [-0.1, -0.05) is 0 Å². The zero-order valence-electron chi connectivity index (χ0n) is 11.2. The Balaban J connectivity index is 1.75. The van der Waals surface area contributed by atoms with E-state index in [1.165, 1.54) is 24.5 Å². The van der Waals surface area contributed by atoms with Crippen LogP contribution in [0.2, 0.25) is 0 Å². The first kappa shape index (κ1) is 14.3. The normalized spacial score (nSPS) is 11.8. The van der Waals surface area contributed by atoms with Crippen molar-refractivity contribution in [2.45, 2.75) is 12.8 Å². The highest BCUT2D eigenvalue weighted by Gasteiger charge is 2.30. The number of hydrogen-bond donors (Lipinski definition) is 1. The third-order valence-corrected chi connectivity index (χ3v) is 3.21. The number of halogens is 3. The van der Waals surface area contributed by atoms with E-state index >= 15 is 0 Å². The number of benzene rings is 2. The van der Waals surface area contributed by atoms with E-state index in [4.69, 9.17) is 9.15 Å². The van der Waals surface area contributed by atoms with Gasteiger partial charge in [-0.15, -0.1) is 0 Å². The maximum Gasteiger partial charge on any atom is 0.416 e. The highest BCUT2D eigenvalue weighted by atomic mass is 19.4. The van der Waals surface area contributed by atoms with Crippen molar-refractivity contribution in [3.05, 3.63) is 59.9 Å². The number of ether oxygens (including phenoxy) is 1. The van der Waals surface area contributed by atoms with Crippen molar-refractivity contribution in [1.82, 2.24) is 0 Å². The van der Waals surface area contributed by atoms with Crippen LogP contribution < -0.4 is 4.74 Å². The maximum absolute atomic E-state index is 12.5. The lowest BCUT2D eigenvalue weighted by Gasteiger charge is -2.08. The first-order chi connectivity index (χ1) is 10.4. The number of alkyl halides is 3. The molecule has 6 heteroatoms. The molecule has 3 rings (SSSR count). The van der Waals surface area contributed by atoms with Gasteiger partial charge in [-0.25, -0.2) is 0 Å². The molecule has 0 amide bonds. The molecule has 0 bridgehead atoms. The number of fused-ring (bicyclic) bond motifs is 1. The second-order valence-electron chi connectivity index (χ2n) is 4.75. The molecule has 1 aromatic heterocycles. The van der Waals surface area contributed by atoms with Gasteiger partial charge < -0.3 is 14.3 Å². The van der Waals surface area contributed by atoms with E-state index in [0.29, 0.717) is 22.3 Å². The Hall–Kier alpha value is -2.63. The quantitative estimate of drug-likeness (QED) is 0.760. The Morgan fingerprint density at radius 3 is 2.45 bits per heavy atom. The minimum Gasteiger partial charge on any atom is -0.508 e. The molecule has 0 spiro atoms. The van der Waals surface area contributed by atoms with Crippen molar-refractivity contribution in [2.24, 2.45) is 0 Å². The summed E-state index contributed by atoms with van der Waals surface area (Å²) in [5.41, 5.74) is 0.577. The molecule has 0 unspecified atom stereocenters.